The SMILES string of the molecule is C=CCn1c(C)cc(C)[n+](C)c1=O. The van der Waals surface area contributed by atoms with Gasteiger partial charge in [0.15, 0.2) is 0 Å². The molecule has 0 spiro atoms. The Hall–Kier alpha value is -1.38. The van der Waals surface area contributed by atoms with Gasteiger partial charge in [0.1, 0.15) is 17.9 Å². The third kappa shape index (κ3) is 1.69. The smallest absolute Gasteiger partial charge is 0.198 e. The molecule has 0 bridgehead atoms. The predicted octanol–water partition coefficient (Wildman–Crippen LogP) is 0.476. The highest BCUT2D eigenvalue weighted by Gasteiger charge is 2.11. The van der Waals surface area contributed by atoms with E-state index in [9.17, 15) is 4.79 Å². The maximum atomic E-state index is 11.7. The van der Waals surface area contributed by atoms with Crippen LogP contribution in [-0.2, 0) is 13.6 Å². The molecule has 0 aliphatic rings. The Labute approximate surface area is 78.0 Å². The summed E-state index contributed by atoms with van der Waals surface area (Å²) in [5, 5.41) is 0. The zero-order valence-corrected chi connectivity index (χ0v) is 8.37. The van der Waals surface area contributed by atoms with Crippen molar-refractivity contribution >= 4 is 0 Å². The average molecular weight is 179 g/mol. The molecule has 0 saturated heterocycles. The average Bonchev–Trinajstić information content (AvgIpc) is 2.09. The van der Waals surface area contributed by atoms with Gasteiger partial charge in [-0.2, -0.15) is 13.9 Å². The van der Waals surface area contributed by atoms with Crippen molar-refractivity contribution in [2.75, 3.05) is 0 Å². The quantitative estimate of drug-likeness (QED) is 0.479. The molecule has 0 aromatic carbocycles. The molecule has 0 saturated carbocycles. The predicted molar refractivity (Wildman–Crippen MR) is 51.5 cm³/mol. The van der Waals surface area contributed by atoms with Gasteiger partial charge >= 0.3 is 5.69 Å². The van der Waals surface area contributed by atoms with Crippen LogP contribution in [0.2, 0.25) is 0 Å². The van der Waals surface area contributed by atoms with E-state index < -0.39 is 0 Å². The molecule has 0 N–H and O–H groups in total. The number of aromatic nitrogens is 2. The summed E-state index contributed by atoms with van der Waals surface area (Å²) in [5.74, 6) is 0. The molecule has 1 aromatic rings. The minimum absolute atomic E-state index is 0.0115. The van der Waals surface area contributed by atoms with Crippen molar-refractivity contribution in [1.29, 1.82) is 0 Å². The minimum Gasteiger partial charge on any atom is -0.198 e. The molecule has 3 nitrogen and oxygen atoms in total. The van der Waals surface area contributed by atoms with Crippen LogP contribution in [0.5, 0.6) is 0 Å². The lowest BCUT2D eigenvalue weighted by Crippen LogP contribution is -2.54. The van der Waals surface area contributed by atoms with E-state index in [-0.39, 0.29) is 5.69 Å². The third-order valence-corrected chi connectivity index (χ3v) is 2.20. The molecule has 0 atom stereocenters. The van der Waals surface area contributed by atoms with Crippen molar-refractivity contribution in [2.24, 2.45) is 7.05 Å². The fourth-order valence-corrected chi connectivity index (χ4v) is 1.31. The summed E-state index contributed by atoms with van der Waals surface area (Å²) in [7, 11) is 1.77. The van der Waals surface area contributed by atoms with Gasteiger partial charge in [0.2, 0.25) is 0 Å². The summed E-state index contributed by atoms with van der Waals surface area (Å²) in [5.41, 5.74) is 1.96. The Bertz CT molecular complexity index is 391. The van der Waals surface area contributed by atoms with Crippen LogP contribution >= 0.6 is 0 Å². The topological polar surface area (TPSA) is 25.9 Å². The molecule has 0 unspecified atom stereocenters. The van der Waals surface area contributed by atoms with Crippen molar-refractivity contribution in [3.63, 3.8) is 0 Å². The molecule has 0 fully saturated rings. The monoisotopic (exact) mass is 179 g/mol. The lowest BCUT2D eigenvalue weighted by Gasteiger charge is -2.03. The van der Waals surface area contributed by atoms with Crippen LogP contribution in [0.4, 0.5) is 0 Å². The maximum Gasteiger partial charge on any atom is 0.498 e. The molecule has 70 valence electrons. The molecule has 1 heterocycles. The molecule has 0 radical (unpaired) electrons. The molecule has 0 aliphatic carbocycles. The van der Waals surface area contributed by atoms with E-state index in [0.717, 1.165) is 11.4 Å². The van der Waals surface area contributed by atoms with Crippen molar-refractivity contribution in [1.82, 2.24) is 4.57 Å². The van der Waals surface area contributed by atoms with Crippen LogP contribution in [0, 0.1) is 13.8 Å². The van der Waals surface area contributed by atoms with Crippen molar-refractivity contribution < 1.29 is 4.57 Å². The van der Waals surface area contributed by atoms with E-state index in [1.165, 1.54) is 0 Å². The lowest BCUT2D eigenvalue weighted by atomic mass is 10.3. The second-order valence-electron chi connectivity index (χ2n) is 3.17. The van der Waals surface area contributed by atoms with Gasteiger partial charge in [0.25, 0.3) is 0 Å². The molecule has 1 aromatic heterocycles. The number of allylic oxidation sites excluding steroid dienone is 1. The number of hydrogen-bond acceptors (Lipinski definition) is 1. The van der Waals surface area contributed by atoms with Gasteiger partial charge in [-0.05, 0) is 13.8 Å². The van der Waals surface area contributed by atoms with E-state index in [2.05, 4.69) is 6.58 Å². The Kier molecular flexibility index (Phi) is 2.66. The highest BCUT2D eigenvalue weighted by Crippen LogP contribution is 1.94. The van der Waals surface area contributed by atoms with Crippen LogP contribution in [0.1, 0.15) is 11.4 Å². The normalized spacial score (nSPS) is 10.1. The van der Waals surface area contributed by atoms with E-state index >= 15 is 0 Å². The molecule has 0 amide bonds. The Morgan fingerprint density at radius 1 is 1.62 bits per heavy atom. The first-order chi connectivity index (χ1) is 6.07. The number of rotatable bonds is 2. The van der Waals surface area contributed by atoms with Gasteiger partial charge in [0.05, 0.1) is 7.05 Å². The van der Waals surface area contributed by atoms with Crippen LogP contribution in [-0.4, -0.2) is 4.57 Å². The largest absolute Gasteiger partial charge is 0.498 e. The van der Waals surface area contributed by atoms with Gasteiger partial charge < -0.3 is 0 Å². The maximum absolute atomic E-state index is 11.7. The summed E-state index contributed by atoms with van der Waals surface area (Å²) in [6.07, 6.45) is 1.73. The lowest BCUT2D eigenvalue weighted by molar-refractivity contribution is -0.697. The van der Waals surface area contributed by atoms with Gasteiger partial charge in [-0.15, -0.1) is 0 Å². The first kappa shape index (κ1) is 9.71. The van der Waals surface area contributed by atoms with E-state index in [1.807, 2.05) is 19.9 Å². The van der Waals surface area contributed by atoms with Gasteiger partial charge in [-0.1, -0.05) is 12.7 Å². The van der Waals surface area contributed by atoms with Crippen LogP contribution < -0.4 is 10.3 Å². The summed E-state index contributed by atoms with van der Waals surface area (Å²) in [4.78, 5) is 11.7. The van der Waals surface area contributed by atoms with E-state index in [4.69, 9.17) is 0 Å². The zero-order valence-electron chi connectivity index (χ0n) is 8.37. The fraction of sp³-hybridized carbons (Fsp3) is 0.400. The van der Waals surface area contributed by atoms with E-state index in [0.29, 0.717) is 6.54 Å². The minimum atomic E-state index is 0.0115. The highest BCUT2D eigenvalue weighted by atomic mass is 16.1. The third-order valence-electron chi connectivity index (χ3n) is 2.20. The number of aryl methyl sites for hydroxylation is 2. The fourth-order valence-electron chi connectivity index (χ4n) is 1.31. The Morgan fingerprint density at radius 2 is 2.23 bits per heavy atom. The zero-order chi connectivity index (χ0) is 10.0. The summed E-state index contributed by atoms with van der Waals surface area (Å²) >= 11 is 0. The number of hydrogen-bond donors (Lipinski definition) is 0. The van der Waals surface area contributed by atoms with Crippen LogP contribution in [0.25, 0.3) is 0 Å². The Morgan fingerprint density at radius 3 is 2.77 bits per heavy atom. The second kappa shape index (κ2) is 3.56. The molecule has 0 aliphatic heterocycles. The summed E-state index contributed by atoms with van der Waals surface area (Å²) < 4.78 is 3.33. The molecule has 13 heavy (non-hydrogen) atoms. The molecule has 3 heteroatoms. The van der Waals surface area contributed by atoms with Crippen LogP contribution in [0.15, 0.2) is 23.5 Å². The van der Waals surface area contributed by atoms with Crippen LogP contribution in [0.3, 0.4) is 0 Å². The van der Waals surface area contributed by atoms with Crippen molar-refractivity contribution in [2.45, 2.75) is 20.4 Å². The first-order valence-electron chi connectivity index (χ1n) is 4.26. The highest BCUT2D eigenvalue weighted by molar-refractivity contribution is 5.02. The Balaban J connectivity index is 3.43. The first-order valence-corrected chi connectivity index (χ1v) is 4.26. The van der Waals surface area contributed by atoms with Crippen molar-refractivity contribution in [3.8, 4) is 0 Å². The summed E-state index contributed by atoms with van der Waals surface area (Å²) in [6, 6.07) is 1.99. The van der Waals surface area contributed by atoms with E-state index in [1.54, 1.807) is 22.3 Å². The molecular weight excluding hydrogens is 164 g/mol. The van der Waals surface area contributed by atoms with Gasteiger partial charge in [0, 0.05) is 6.07 Å². The standard InChI is InChI=1S/C10H15N2O/c1-5-6-12-9(3)7-8(2)11(4)10(12)13/h5,7H,1,6H2,2-4H3/q+1. The number of nitrogens with zero attached hydrogens (tertiary/aromatic N) is 2. The summed E-state index contributed by atoms with van der Waals surface area (Å²) in [6.45, 7) is 8.04. The van der Waals surface area contributed by atoms with Crippen molar-refractivity contribution in [3.05, 3.63) is 40.6 Å². The second-order valence-corrected chi connectivity index (χ2v) is 3.17. The molecular formula is C10H15N2O+. The molecule has 1 rings (SSSR count). The van der Waals surface area contributed by atoms with Gasteiger partial charge in [-0.3, -0.25) is 0 Å². The van der Waals surface area contributed by atoms with Gasteiger partial charge in [-0.25, -0.2) is 0 Å².